The van der Waals surface area contributed by atoms with Gasteiger partial charge in [-0.2, -0.15) is 0 Å². The lowest BCUT2D eigenvalue weighted by molar-refractivity contribution is -0.0487. The molecule has 1 saturated heterocycles. The third-order valence-electron chi connectivity index (χ3n) is 4.19. The lowest BCUT2D eigenvalue weighted by Gasteiger charge is -2.38. The van der Waals surface area contributed by atoms with Crippen LogP contribution in [0.25, 0.3) is 0 Å². The molecule has 3 heterocycles. The van der Waals surface area contributed by atoms with Gasteiger partial charge in [-0.25, -0.2) is 9.59 Å². The van der Waals surface area contributed by atoms with E-state index in [1.807, 2.05) is 33.8 Å². The van der Waals surface area contributed by atoms with Gasteiger partial charge in [-0.15, -0.1) is 0 Å². The van der Waals surface area contributed by atoms with Crippen LogP contribution in [-0.4, -0.2) is 40.6 Å². The zero-order valence-corrected chi connectivity index (χ0v) is 14.0. The highest BCUT2D eigenvalue weighted by molar-refractivity contribution is 5.94. The number of aromatic nitrogens is 1. The molecule has 6 nitrogen and oxygen atoms in total. The van der Waals surface area contributed by atoms with Crippen LogP contribution < -0.4 is 0 Å². The van der Waals surface area contributed by atoms with Gasteiger partial charge in [-0.05, 0) is 39.3 Å². The van der Waals surface area contributed by atoms with Crippen molar-refractivity contribution in [2.45, 2.75) is 51.7 Å². The fourth-order valence-electron chi connectivity index (χ4n) is 3.08. The average Bonchev–Trinajstić information content (AvgIpc) is 2.70. The second kappa shape index (κ2) is 5.22. The normalized spacial score (nSPS) is 19.5. The van der Waals surface area contributed by atoms with Gasteiger partial charge in [0.15, 0.2) is 5.60 Å². The molecule has 2 aliphatic rings. The average molecular weight is 318 g/mol. The number of fused-ring (bicyclic) bond motifs is 2. The zero-order chi connectivity index (χ0) is 16.8. The van der Waals surface area contributed by atoms with Gasteiger partial charge in [0, 0.05) is 32.1 Å². The molecule has 0 aliphatic carbocycles. The molecule has 124 valence electrons. The summed E-state index contributed by atoms with van der Waals surface area (Å²) in [6.45, 7) is 8.40. The number of nitrogens with zero attached hydrogens (tertiary/aromatic N) is 2. The summed E-state index contributed by atoms with van der Waals surface area (Å²) in [6.07, 6.45) is 2.51. The first-order valence-electron chi connectivity index (χ1n) is 7.89. The number of hydrogen-bond donors (Lipinski definition) is 0. The predicted molar refractivity (Wildman–Crippen MR) is 83.1 cm³/mol. The molecule has 0 atom stereocenters. The van der Waals surface area contributed by atoms with Gasteiger partial charge in [0.05, 0.1) is 11.3 Å². The van der Waals surface area contributed by atoms with E-state index in [9.17, 15) is 9.59 Å². The van der Waals surface area contributed by atoms with Crippen LogP contribution in [0.3, 0.4) is 0 Å². The number of likely N-dealkylation sites (tertiary alicyclic amines) is 1. The minimum Gasteiger partial charge on any atom is -0.449 e. The van der Waals surface area contributed by atoms with Crippen molar-refractivity contribution < 1.29 is 19.1 Å². The standard InChI is InChI=1S/C17H22N2O4/c1-11-9-12-13(18-10-11)17(22-14(12)20)5-7-19(8-6-17)15(21)23-16(2,3)4/h9-10H,5-8H2,1-4H3. The fraction of sp³-hybridized carbons (Fsp3) is 0.588. The van der Waals surface area contributed by atoms with Crippen molar-refractivity contribution in [3.05, 3.63) is 29.1 Å². The first-order chi connectivity index (χ1) is 10.7. The summed E-state index contributed by atoms with van der Waals surface area (Å²) in [4.78, 5) is 30.4. The number of amides is 1. The van der Waals surface area contributed by atoms with Gasteiger partial charge in [0.2, 0.25) is 0 Å². The molecule has 0 unspecified atom stereocenters. The summed E-state index contributed by atoms with van der Waals surface area (Å²) in [5.41, 5.74) is 0.979. The number of pyridine rings is 1. The largest absolute Gasteiger partial charge is 0.449 e. The molecule has 23 heavy (non-hydrogen) atoms. The van der Waals surface area contributed by atoms with Crippen molar-refractivity contribution in [2.24, 2.45) is 0 Å². The van der Waals surface area contributed by atoms with Gasteiger partial charge < -0.3 is 14.4 Å². The first-order valence-corrected chi connectivity index (χ1v) is 7.89. The highest BCUT2D eigenvalue weighted by Gasteiger charge is 2.49. The van der Waals surface area contributed by atoms with Crippen LogP contribution in [0.2, 0.25) is 0 Å². The van der Waals surface area contributed by atoms with E-state index in [0.717, 1.165) is 5.56 Å². The SMILES string of the molecule is Cc1cnc2c(c1)C(=O)OC21CCN(C(=O)OC(C)(C)C)CC1. The molecular formula is C17H22N2O4. The van der Waals surface area contributed by atoms with Crippen molar-refractivity contribution in [3.63, 3.8) is 0 Å². The molecule has 0 bridgehead atoms. The Kier molecular flexibility index (Phi) is 3.58. The zero-order valence-electron chi connectivity index (χ0n) is 14.0. The maximum Gasteiger partial charge on any atom is 0.410 e. The van der Waals surface area contributed by atoms with Crippen LogP contribution >= 0.6 is 0 Å². The molecule has 2 aliphatic heterocycles. The Hall–Kier alpha value is -2.11. The number of aryl methyl sites for hydroxylation is 1. The molecule has 0 aromatic carbocycles. The molecule has 3 rings (SSSR count). The van der Waals surface area contributed by atoms with Crippen LogP contribution in [0, 0.1) is 6.92 Å². The molecular weight excluding hydrogens is 296 g/mol. The van der Waals surface area contributed by atoms with Crippen molar-refractivity contribution in [1.82, 2.24) is 9.88 Å². The third kappa shape index (κ3) is 2.90. The summed E-state index contributed by atoms with van der Waals surface area (Å²) in [5, 5.41) is 0. The summed E-state index contributed by atoms with van der Waals surface area (Å²) in [5.74, 6) is -0.318. The van der Waals surface area contributed by atoms with Crippen LogP contribution in [0.15, 0.2) is 12.3 Å². The molecule has 0 saturated carbocycles. The van der Waals surface area contributed by atoms with Gasteiger partial charge in [-0.1, -0.05) is 0 Å². The Morgan fingerprint density at radius 1 is 1.35 bits per heavy atom. The van der Waals surface area contributed by atoms with E-state index in [1.54, 1.807) is 11.1 Å². The van der Waals surface area contributed by atoms with Gasteiger partial charge >= 0.3 is 12.1 Å². The van der Waals surface area contributed by atoms with Gasteiger partial charge in [-0.3, -0.25) is 4.98 Å². The molecule has 1 aromatic heterocycles. The van der Waals surface area contributed by atoms with E-state index < -0.39 is 11.2 Å². The molecule has 1 aromatic rings. The number of piperidine rings is 1. The topological polar surface area (TPSA) is 68.7 Å². The summed E-state index contributed by atoms with van der Waals surface area (Å²) >= 11 is 0. The second-order valence-electron chi connectivity index (χ2n) is 7.26. The Balaban J connectivity index is 1.75. The number of hydrogen-bond acceptors (Lipinski definition) is 5. The maximum absolute atomic E-state index is 12.2. The Bertz CT molecular complexity index is 655. The van der Waals surface area contributed by atoms with Gasteiger partial charge in [0.1, 0.15) is 5.60 Å². The highest BCUT2D eigenvalue weighted by Crippen LogP contribution is 2.43. The Morgan fingerprint density at radius 2 is 2.00 bits per heavy atom. The van der Waals surface area contributed by atoms with E-state index in [0.29, 0.717) is 37.2 Å². The highest BCUT2D eigenvalue weighted by atomic mass is 16.6. The summed E-state index contributed by atoms with van der Waals surface area (Å²) in [7, 11) is 0. The van der Waals surface area contributed by atoms with E-state index in [1.165, 1.54) is 0 Å². The predicted octanol–water partition coefficient (Wildman–Crippen LogP) is 2.79. The molecule has 1 spiro atoms. The van der Waals surface area contributed by atoms with Crippen molar-refractivity contribution in [1.29, 1.82) is 0 Å². The van der Waals surface area contributed by atoms with E-state index in [-0.39, 0.29) is 12.1 Å². The number of carbonyl (C=O) groups excluding carboxylic acids is 2. The van der Waals surface area contributed by atoms with E-state index in [4.69, 9.17) is 9.47 Å². The lowest BCUT2D eigenvalue weighted by Crippen LogP contribution is -2.47. The van der Waals surface area contributed by atoms with Crippen molar-refractivity contribution >= 4 is 12.1 Å². The number of ether oxygens (including phenoxy) is 2. The number of rotatable bonds is 0. The second-order valence-corrected chi connectivity index (χ2v) is 7.26. The maximum atomic E-state index is 12.2. The quantitative estimate of drug-likeness (QED) is 0.688. The summed E-state index contributed by atoms with van der Waals surface area (Å²) in [6, 6.07) is 1.82. The van der Waals surface area contributed by atoms with E-state index >= 15 is 0 Å². The van der Waals surface area contributed by atoms with Crippen molar-refractivity contribution in [2.75, 3.05) is 13.1 Å². The molecule has 0 N–H and O–H groups in total. The van der Waals surface area contributed by atoms with Crippen LogP contribution in [0.5, 0.6) is 0 Å². The fourth-order valence-corrected chi connectivity index (χ4v) is 3.08. The third-order valence-corrected chi connectivity index (χ3v) is 4.19. The minimum atomic E-state index is -0.696. The molecule has 0 radical (unpaired) electrons. The number of esters is 1. The molecule has 1 amide bonds. The first kappa shape index (κ1) is 15.8. The Morgan fingerprint density at radius 3 is 2.61 bits per heavy atom. The monoisotopic (exact) mass is 318 g/mol. The van der Waals surface area contributed by atoms with Crippen LogP contribution in [0.1, 0.15) is 55.2 Å². The minimum absolute atomic E-state index is 0.318. The molecule has 1 fully saturated rings. The van der Waals surface area contributed by atoms with Crippen molar-refractivity contribution in [3.8, 4) is 0 Å². The lowest BCUT2D eigenvalue weighted by atomic mass is 9.87. The van der Waals surface area contributed by atoms with Crippen LogP contribution in [0.4, 0.5) is 4.79 Å². The van der Waals surface area contributed by atoms with Crippen LogP contribution in [-0.2, 0) is 15.1 Å². The molecule has 6 heteroatoms. The van der Waals surface area contributed by atoms with Gasteiger partial charge in [0.25, 0.3) is 0 Å². The number of carbonyl (C=O) groups is 2. The van der Waals surface area contributed by atoms with E-state index in [2.05, 4.69) is 4.98 Å². The summed E-state index contributed by atoms with van der Waals surface area (Å²) < 4.78 is 11.1. The Labute approximate surface area is 135 Å². The smallest absolute Gasteiger partial charge is 0.410 e.